The molecule has 2 aliphatic rings. The van der Waals surface area contributed by atoms with Gasteiger partial charge in [0, 0.05) is 24.8 Å². The van der Waals surface area contributed by atoms with Gasteiger partial charge in [-0.1, -0.05) is 25.0 Å². The Labute approximate surface area is 219 Å². The van der Waals surface area contributed by atoms with Crippen molar-refractivity contribution < 1.29 is 23.8 Å². The van der Waals surface area contributed by atoms with Crippen molar-refractivity contribution in [3.8, 4) is 17.1 Å². The van der Waals surface area contributed by atoms with Crippen molar-refractivity contribution in [3.05, 3.63) is 59.9 Å². The largest absolute Gasteiger partial charge is 0.508 e. The van der Waals surface area contributed by atoms with Crippen LogP contribution in [-0.4, -0.2) is 67.3 Å². The number of aromatic hydroxyl groups is 1. The van der Waals surface area contributed by atoms with Crippen molar-refractivity contribution in [2.75, 3.05) is 13.2 Å². The second-order valence-electron chi connectivity index (χ2n) is 9.82. The van der Waals surface area contributed by atoms with Crippen LogP contribution in [0.4, 0.5) is 4.39 Å². The summed E-state index contributed by atoms with van der Waals surface area (Å²) >= 11 is 0. The zero-order valence-corrected chi connectivity index (χ0v) is 21.0. The molecule has 1 saturated carbocycles. The van der Waals surface area contributed by atoms with Crippen LogP contribution in [0.1, 0.15) is 50.1 Å². The zero-order valence-electron chi connectivity index (χ0n) is 21.0. The van der Waals surface area contributed by atoms with Crippen LogP contribution in [0.25, 0.3) is 11.4 Å². The molecule has 2 aromatic carbocycles. The molecule has 1 aliphatic heterocycles. The summed E-state index contributed by atoms with van der Waals surface area (Å²) in [4.78, 5) is 30.2. The molecule has 0 radical (unpaired) electrons. The number of phenolic OH excluding ortho intramolecular Hbond substituents is 1. The van der Waals surface area contributed by atoms with E-state index in [1.165, 1.54) is 46.1 Å². The highest BCUT2D eigenvalue weighted by molar-refractivity contribution is 5.89. The summed E-state index contributed by atoms with van der Waals surface area (Å²) in [7, 11) is 0. The summed E-state index contributed by atoms with van der Waals surface area (Å²) < 4.78 is 19.1. The summed E-state index contributed by atoms with van der Waals surface area (Å²) in [6.07, 6.45) is 5.40. The molecule has 5 rings (SSSR count). The van der Waals surface area contributed by atoms with E-state index in [0.29, 0.717) is 17.7 Å². The van der Waals surface area contributed by atoms with E-state index in [0.717, 1.165) is 38.5 Å². The standard InChI is InChI=1S/C27H31FN6O4/c28-20-11-7-19(8-12-20)26-30-32-34(31-26)17-24(36)33(16-23-6-3-15-38-23)25(18-9-13-22(35)14-10-18)27(37)29-21-4-1-2-5-21/h7-14,21,23,25,35H,1-6,15-17H2,(H,29,37)/t23-,25+/m1/s1. The first-order valence-corrected chi connectivity index (χ1v) is 13.0. The van der Waals surface area contributed by atoms with Gasteiger partial charge in [0.25, 0.3) is 0 Å². The number of aromatic nitrogens is 4. The summed E-state index contributed by atoms with van der Waals surface area (Å²) in [5.74, 6) is -0.689. The number of phenols is 1. The highest BCUT2D eigenvalue weighted by Gasteiger charge is 2.35. The third kappa shape index (κ3) is 6.16. The number of amides is 2. The van der Waals surface area contributed by atoms with Crippen molar-refractivity contribution in [1.29, 1.82) is 0 Å². The van der Waals surface area contributed by atoms with Crippen LogP contribution < -0.4 is 5.32 Å². The van der Waals surface area contributed by atoms with Gasteiger partial charge >= 0.3 is 0 Å². The van der Waals surface area contributed by atoms with Gasteiger partial charge in [-0.3, -0.25) is 9.59 Å². The smallest absolute Gasteiger partial charge is 0.247 e. The first-order valence-electron chi connectivity index (χ1n) is 13.0. The summed E-state index contributed by atoms with van der Waals surface area (Å²) in [6, 6.07) is 11.2. The average molecular weight is 523 g/mol. The molecular weight excluding hydrogens is 491 g/mol. The number of benzene rings is 2. The Hall–Kier alpha value is -3.86. The number of hydrogen-bond acceptors (Lipinski definition) is 7. The lowest BCUT2D eigenvalue weighted by Crippen LogP contribution is -2.49. The van der Waals surface area contributed by atoms with E-state index >= 15 is 0 Å². The lowest BCUT2D eigenvalue weighted by atomic mass is 10.0. The van der Waals surface area contributed by atoms with Crippen LogP contribution in [-0.2, 0) is 20.9 Å². The highest BCUT2D eigenvalue weighted by Crippen LogP contribution is 2.28. The van der Waals surface area contributed by atoms with Gasteiger partial charge in [0.15, 0.2) is 0 Å². The fourth-order valence-electron chi connectivity index (χ4n) is 5.08. The third-order valence-corrected chi connectivity index (χ3v) is 7.05. The Balaban J connectivity index is 1.42. The zero-order chi connectivity index (χ0) is 26.5. The number of nitrogens with zero attached hydrogens (tertiary/aromatic N) is 5. The maximum absolute atomic E-state index is 13.8. The first kappa shape index (κ1) is 25.8. The first-order chi connectivity index (χ1) is 18.5. The fraction of sp³-hybridized carbons (Fsp3) is 0.444. The van der Waals surface area contributed by atoms with E-state index in [9.17, 15) is 19.1 Å². The summed E-state index contributed by atoms with van der Waals surface area (Å²) in [6.45, 7) is 0.588. The van der Waals surface area contributed by atoms with Gasteiger partial charge < -0.3 is 20.1 Å². The van der Waals surface area contributed by atoms with E-state index in [4.69, 9.17) is 4.74 Å². The molecule has 38 heavy (non-hydrogen) atoms. The SMILES string of the molecule is O=C(NC1CCCC1)[C@H](c1ccc(O)cc1)N(C[C@H]1CCCO1)C(=O)Cn1nnc(-c2ccc(F)cc2)n1. The predicted octanol–water partition coefficient (Wildman–Crippen LogP) is 2.99. The Bertz CT molecular complexity index is 1240. The summed E-state index contributed by atoms with van der Waals surface area (Å²) in [5, 5.41) is 25.3. The summed E-state index contributed by atoms with van der Waals surface area (Å²) in [5.41, 5.74) is 1.16. The molecular formula is C27H31FN6O4. The molecule has 2 heterocycles. The lowest BCUT2D eigenvalue weighted by molar-refractivity contribution is -0.143. The van der Waals surface area contributed by atoms with Gasteiger partial charge in [-0.2, -0.15) is 4.80 Å². The van der Waals surface area contributed by atoms with Crippen LogP contribution in [0.3, 0.4) is 0 Å². The Morgan fingerprint density at radius 2 is 1.82 bits per heavy atom. The molecule has 0 bridgehead atoms. The maximum atomic E-state index is 13.8. The molecule has 2 N–H and O–H groups in total. The van der Waals surface area contributed by atoms with Gasteiger partial charge in [0.05, 0.1) is 6.10 Å². The minimum atomic E-state index is -0.923. The molecule has 0 spiro atoms. The van der Waals surface area contributed by atoms with Gasteiger partial charge in [-0.05, 0) is 72.9 Å². The fourth-order valence-corrected chi connectivity index (χ4v) is 5.08. The van der Waals surface area contributed by atoms with Gasteiger partial charge in [0.1, 0.15) is 24.2 Å². The van der Waals surface area contributed by atoms with Gasteiger partial charge in [-0.25, -0.2) is 4.39 Å². The average Bonchev–Trinajstić information content (AvgIpc) is 3.69. The quantitative estimate of drug-likeness (QED) is 0.443. The molecule has 2 atom stereocenters. The second-order valence-corrected chi connectivity index (χ2v) is 9.82. The minimum absolute atomic E-state index is 0.0667. The van der Waals surface area contributed by atoms with E-state index in [1.54, 1.807) is 12.1 Å². The molecule has 0 unspecified atom stereocenters. The van der Waals surface area contributed by atoms with E-state index < -0.39 is 6.04 Å². The van der Waals surface area contributed by atoms with Crippen molar-refractivity contribution >= 4 is 11.8 Å². The van der Waals surface area contributed by atoms with Crippen LogP contribution in [0.15, 0.2) is 48.5 Å². The number of ether oxygens (including phenoxy) is 1. The monoisotopic (exact) mass is 522 g/mol. The number of hydrogen-bond donors (Lipinski definition) is 2. The van der Waals surface area contributed by atoms with Crippen molar-refractivity contribution in [1.82, 2.24) is 30.4 Å². The van der Waals surface area contributed by atoms with Crippen molar-refractivity contribution in [2.24, 2.45) is 0 Å². The molecule has 1 aromatic heterocycles. The Morgan fingerprint density at radius 3 is 2.50 bits per heavy atom. The van der Waals surface area contributed by atoms with Crippen LogP contribution in [0, 0.1) is 5.82 Å². The number of tetrazole rings is 1. The minimum Gasteiger partial charge on any atom is -0.508 e. The lowest BCUT2D eigenvalue weighted by Gasteiger charge is -2.33. The highest BCUT2D eigenvalue weighted by atomic mass is 19.1. The molecule has 3 aromatic rings. The van der Waals surface area contributed by atoms with E-state index in [1.807, 2.05) is 0 Å². The van der Waals surface area contributed by atoms with Crippen LogP contribution in [0.5, 0.6) is 5.75 Å². The topological polar surface area (TPSA) is 122 Å². The molecule has 1 aliphatic carbocycles. The maximum Gasteiger partial charge on any atom is 0.247 e. The number of rotatable bonds is 9. The number of carbonyl (C=O) groups excluding carboxylic acids is 2. The normalized spacial score (nSPS) is 18.4. The van der Waals surface area contributed by atoms with Gasteiger partial charge in [-0.15, -0.1) is 10.2 Å². The molecule has 10 nitrogen and oxygen atoms in total. The van der Waals surface area contributed by atoms with Gasteiger partial charge in [0.2, 0.25) is 17.6 Å². The van der Waals surface area contributed by atoms with Crippen molar-refractivity contribution in [2.45, 2.75) is 63.3 Å². The molecule has 1 saturated heterocycles. The molecule has 11 heteroatoms. The molecule has 2 amide bonds. The third-order valence-electron chi connectivity index (χ3n) is 7.05. The Kier molecular flexibility index (Phi) is 7.92. The number of carbonyl (C=O) groups is 2. The number of halogens is 1. The van der Waals surface area contributed by atoms with Crippen molar-refractivity contribution in [3.63, 3.8) is 0 Å². The Morgan fingerprint density at radius 1 is 1.08 bits per heavy atom. The van der Waals surface area contributed by atoms with Crippen LogP contribution >= 0.6 is 0 Å². The predicted molar refractivity (Wildman–Crippen MR) is 135 cm³/mol. The second kappa shape index (κ2) is 11.7. The van der Waals surface area contributed by atoms with E-state index in [-0.39, 0.29) is 54.4 Å². The number of nitrogens with one attached hydrogen (secondary N) is 1. The molecule has 2 fully saturated rings. The van der Waals surface area contributed by atoms with Crippen LogP contribution in [0.2, 0.25) is 0 Å². The molecule has 200 valence electrons. The van der Waals surface area contributed by atoms with E-state index in [2.05, 4.69) is 20.7 Å².